The zero-order valence-electron chi connectivity index (χ0n) is 23.1. The minimum absolute atomic E-state index is 0. The number of rotatable bonds is 0. The van der Waals surface area contributed by atoms with Crippen molar-refractivity contribution in [2.45, 2.75) is 0 Å². The summed E-state index contributed by atoms with van der Waals surface area (Å²) in [5.41, 5.74) is 3.10. The van der Waals surface area contributed by atoms with Gasteiger partial charge in [-0.2, -0.15) is 0 Å². The first-order valence-corrected chi connectivity index (χ1v) is 13.8. The van der Waals surface area contributed by atoms with E-state index in [1.54, 1.807) is 0 Å². The Kier molecular flexibility index (Phi) is 8.40. The second kappa shape index (κ2) is 12.9. The zero-order valence-corrected chi connectivity index (χ0v) is 24.8. The summed E-state index contributed by atoms with van der Waals surface area (Å²) in [6, 6.07) is 52.4. The molecular weight excluding hydrogens is 612 g/mol. The Labute approximate surface area is 262 Å². The van der Waals surface area contributed by atoms with Crippen molar-refractivity contribution in [1.29, 1.82) is 0 Å². The van der Waals surface area contributed by atoms with Gasteiger partial charge in [-0.25, -0.2) is 0 Å². The minimum Gasteiger partial charge on any atom is -0.304 e. The Bertz CT molecular complexity index is 1900. The van der Waals surface area contributed by atoms with Gasteiger partial charge in [-0.1, -0.05) is 54.6 Å². The standard InChI is InChI=1S/3C13H8N.Ru/c3*1-2-6-12-10(4-1)7-8-11-5-3-9-14-13(11)12;/h3*1-5,7-9H;/q3*-1;+3. The molecule has 0 spiro atoms. The van der Waals surface area contributed by atoms with Crippen molar-refractivity contribution < 1.29 is 19.5 Å². The van der Waals surface area contributed by atoms with E-state index >= 15 is 0 Å². The Morgan fingerprint density at radius 3 is 0.930 bits per heavy atom. The van der Waals surface area contributed by atoms with Crippen LogP contribution in [0.1, 0.15) is 0 Å². The van der Waals surface area contributed by atoms with Crippen LogP contribution in [0.5, 0.6) is 0 Å². The summed E-state index contributed by atoms with van der Waals surface area (Å²) in [6.07, 6.45) is 5.47. The maximum atomic E-state index is 4.38. The third kappa shape index (κ3) is 5.84. The fourth-order valence-corrected chi connectivity index (χ4v) is 5.20. The molecule has 0 unspecified atom stereocenters. The van der Waals surface area contributed by atoms with Gasteiger partial charge in [0, 0.05) is 18.6 Å². The van der Waals surface area contributed by atoms with Gasteiger partial charge in [-0.3, -0.25) is 0 Å². The van der Waals surface area contributed by atoms with Crippen molar-refractivity contribution in [2.75, 3.05) is 0 Å². The predicted octanol–water partition coefficient (Wildman–Crippen LogP) is 9.56. The van der Waals surface area contributed by atoms with Gasteiger partial charge in [0.25, 0.3) is 0 Å². The van der Waals surface area contributed by atoms with Gasteiger partial charge >= 0.3 is 19.5 Å². The summed E-state index contributed by atoms with van der Waals surface area (Å²) in [6.45, 7) is 0. The van der Waals surface area contributed by atoms with Crippen LogP contribution in [0.4, 0.5) is 0 Å². The summed E-state index contributed by atoms with van der Waals surface area (Å²) >= 11 is 0. The van der Waals surface area contributed by atoms with Gasteiger partial charge in [0.1, 0.15) is 0 Å². The maximum Gasteiger partial charge on any atom is 3.00 e. The monoisotopic (exact) mass is 636 g/mol. The smallest absolute Gasteiger partial charge is 0.304 e. The normalized spacial score (nSPS) is 10.6. The molecule has 3 heterocycles. The molecule has 4 heteroatoms. The number of fused-ring (bicyclic) bond motifs is 9. The van der Waals surface area contributed by atoms with Gasteiger partial charge in [0.05, 0.1) is 0 Å². The quantitative estimate of drug-likeness (QED) is 0.0947. The van der Waals surface area contributed by atoms with Crippen LogP contribution in [-0.4, -0.2) is 15.0 Å². The van der Waals surface area contributed by atoms with Crippen LogP contribution < -0.4 is 0 Å². The summed E-state index contributed by atoms with van der Waals surface area (Å²) in [4.78, 5) is 13.1. The topological polar surface area (TPSA) is 38.7 Å². The molecule has 6 aromatic carbocycles. The molecule has 3 nitrogen and oxygen atoms in total. The Morgan fingerprint density at radius 2 is 0.605 bits per heavy atom. The van der Waals surface area contributed by atoms with E-state index in [4.69, 9.17) is 0 Å². The largest absolute Gasteiger partial charge is 3.00 e. The molecule has 0 bridgehead atoms. The SMILES string of the molecule is [Ru+3].[c-]1cccc2ccc3cccnc3c12.[c-]1cccc2ccc3cccnc3c12.[c-]1cccc2ccc3cccnc3c12. The molecule has 1 radical (unpaired) electrons. The number of hydrogen-bond acceptors (Lipinski definition) is 3. The van der Waals surface area contributed by atoms with Crippen LogP contribution in [0.3, 0.4) is 0 Å². The average Bonchev–Trinajstić information content (AvgIpc) is 3.09. The van der Waals surface area contributed by atoms with Crippen molar-refractivity contribution >= 4 is 65.0 Å². The first-order chi connectivity index (χ1) is 20.8. The molecule has 0 saturated heterocycles. The molecule has 43 heavy (non-hydrogen) atoms. The number of aromatic nitrogens is 3. The van der Waals surface area contributed by atoms with Gasteiger partial charge in [0.15, 0.2) is 0 Å². The van der Waals surface area contributed by atoms with E-state index in [9.17, 15) is 0 Å². The van der Waals surface area contributed by atoms with Gasteiger partial charge in [-0.05, 0) is 50.9 Å². The average molecular weight is 636 g/mol. The van der Waals surface area contributed by atoms with Crippen LogP contribution in [-0.2, 0) is 19.5 Å². The molecule has 0 aliphatic heterocycles. The van der Waals surface area contributed by atoms with Crippen LogP contribution in [0.25, 0.3) is 65.0 Å². The molecule has 0 amide bonds. The third-order valence-corrected chi connectivity index (χ3v) is 7.22. The minimum atomic E-state index is 0. The molecule has 0 N–H and O–H groups in total. The summed E-state index contributed by atoms with van der Waals surface area (Å²) in [7, 11) is 0. The van der Waals surface area contributed by atoms with Crippen LogP contribution in [0, 0.1) is 18.2 Å². The van der Waals surface area contributed by atoms with Crippen LogP contribution in [0.15, 0.2) is 146 Å². The van der Waals surface area contributed by atoms with Crippen molar-refractivity contribution in [3.8, 4) is 0 Å². The second-order valence-corrected chi connectivity index (χ2v) is 9.83. The summed E-state index contributed by atoms with van der Waals surface area (Å²) in [5, 5.41) is 10.4. The zero-order chi connectivity index (χ0) is 28.1. The van der Waals surface area contributed by atoms with Crippen LogP contribution in [0.2, 0.25) is 0 Å². The third-order valence-electron chi connectivity index (χ3n) is 7.22. The molecule has 0 aliphatic carbocycles. The van der Waals surface area contributed by atoms with E-state index < -0.39 is 0 Å². The molecule has 3 aromatic heterocycles. The van der Waals surface area contributed by atoms with Crippen molar-refractivity contribution in [3.63, 3.8) is 0 Å². The van der Waals surface area contributed by atoms with Gasteiger partial charge < -0.3 is 15.0 Å². The van der Waals surface area contributed by atoms with Gasteiger partial charge in [0.2, 0.25) is 0 Å². The number of benzene rings is 6. The summed E-state index contributed by atoms with van der Waals surface area (Å²) < 4.78 is 0. The molecule has 9 aromatic rings. The Hall–Kier alpha value is -5.05. The number of pyridine rings is 3. The molecule has 0 saturated carbocycles. The van der Waals surface area contributed by atoms with E-state index in [1.165, 1.54) is 32.3 Å². The first-order valence-electron chi connectivity index (χ1n) is 13.8. The van der Waals surface area contributed by atoms with E-state index in [0.29, 0.717) is 0 Å². The van der Waals surface area contributed by atoms with Crippen LogP contribution >= 0.6 is 0 Å². The first kappa shape index (κ1) is 28.1. The molecule has 0 aliphatic rings. The number of nitrogens with zero attached hydrogens (tertiary/aromatic N) is 3. The number of hydrogen-bond donors (Lipinski definition) is 0. The second-order valence-electron chi connectivity index (χ2n) is 9.83. The van der Waals surface area contributed by atoms with Crippen molar-refractivity contribution in [3.05, 3.63) is 164 Å². The Morgan fingerprint density at radius 1 is 0.326 bits per heavy atom. The van der Waals surface area contributed by atoms with E-state index in [2.05, 4.69) is 106 Å². The van der Waals surface area contributed by atoms with Crippen molar-refractivity contribution in [1.82, 2.24) is 15.0 Å². The van der Waals surface area contributed by atoms with E-state index in [0.717, 1.165) is 32.7 Å². The Balaban J connectivity index is 0.000000113. The fourth-order valence-electron chi connectivity index (χ4n) is 5.20. The molecule has 0 atom stereocenters. The fraction of sp³-hybridized carbons (Fsp3) is 0. The molecule has 9 rings (SSSR count). The summed E-state index contributed by atoms with van der Waals surface area (Å²) in [5.74, 6) is 0. The van der Waals surface area contributed by atoms with E-state index in [-0.39, 0.29) is 19.5 Å². The van der Waals surface area contributed by atoms with Crippen molar-refractivity contribution in [2.24, 2.45) is 0 Å². The predicted molar refractivity (Wildman–Crippen MR) is 174 cm³/mol. The molecule has 203 valence electrons. The van der Waals surface area contributed by atoms with E-state index in [1.807, 2.05) is 73.2 Å². The van der Waals surface area contributed by atoms with Gasteiger partial charge in [-0.15, -0.1) is 105 Å². The molecule has 0 fully saturated rings. The molecular formula is C39H24N3Ru. The maximum absolute atomic E-state index is 4.38.